The molecule has 1 aliphatic heterocycles. The molecule has 2 aliphatic rings. The van der Waals surface area contributed by atoms with Gasteiger partial charge >= 0.3 is 0 Å². The highest BCUT2D eigenvalue weighted by Crippen LogP contribution is 2.45. The molecule has 0 unspecified atom stereocenters. The number of hydrogen-bond donors (Lipinski definition) is 2. The first-order valence-electron chi connectivity index (χ1n) is 8.77. The highest BCUT2D eigenvalue weighted by atomic mass is 32.2. The number of hydrogen-bond acceptors (Lipinski definition) is 6. The Bertz CT molecular complexity index is 908. The monoisotopic (exact) mass is 382 g/mol. The van der Waals surface area contributed by atoms with Crippen molar-refractivity contribution < 1.29 is 14.6 Å². The molecule has 0 fully saturated rings. The van der Waals surface area contributed by atoms with Crippen LogP contribution in [0.15, 0.2) is 52.2 Å². The van der Waals surface area contributed by atoms with E-state index >= 15 is 0 Å². The average molecular weight is 382 g/mol. The van der Waals surface area contributed by atoms with Crippen molar-refractivity contribution in [1.82, 2.24) is 5.32 Å². The molecule has 0 saturated heterocycles. The summed E-state index contributed by atoms with van der Waals surface area (Å²) in [5, 5.41) is 24.0. The molecule has 0 radical (unpaired) electrons. The van der Waals surface area contributed by atoms with Gasteiger partial charge in [-0.15, -0.1) is 11.8 Å². The zero-order valence-corrected chi connectivity index (χ0v) is 16.3. The van der Waals surface area contributed by atoms with E-state index in [0.29, 0.717) is 29.1 Å². The van der Waals surface area contributed by atoms with E-state index in [1.54, 1.807) is 18.2 Å². The smallest absolute Gasteiger partial charge is 0.161 e. The van der Waals surface area contributed by atoms with Crippen LogP contribution >= 0.6 is 11.8 Å². The fraction of sp³-hybridized carbons (Fsp3) is 0.333. The first kappa shape index (κ1) is 19.1. The molecular formula is C21H22N2O3S. The summed E-state index contributed by atoms with van der Waals surface area (Å²) in [6.07, 6.45) is 2.07. The molecule has 0 amide bonds. The number of nitriles is 1. The Morgan fingerprint density at radius 1 is 1.48 bits per heavy atom. The maximum Gasteiger partial charge on any atom is 0.161 e. The van der Waals surface area contributed by atoms with Crippen molar-refractivity contribution >= 4 is 17.5 Å². The fourth-order valence-electron chi connectivity index (χ4n) is 3.44. The van der Waals surface area contributed by atoms with Gasteiger partial charge in [0.2, 0.25) is 0 Å². The van der Waals surface area contributed by atoms with E-state index in [9.17, 15) is 15.2 Å². The maximum atomic E-state index is 12.7. The molecule has 1 heterocycles. The number of phenols is 1. The summed E-state index contributed by atoms with van der Waals surface area (Å²) in [5.41, 5.74) is 3.84. The third kappa shape index (κ3) is 3.74. The molecule has 1 aromatic rings. The number of carbonyl (C=O) groups is 1. The van der Waals surface area contributed by atoms with Crippen LogP contribution in [0.3, 0.4) is 0 Å². The van der Waals surface area contributed by atoms with Crippen molar-refractivity contribution in [3.05, 3.63) is 57.8 Å². The fourth-order valence-corrected chi connectivity index (χ4v) is 4.34. The third-order valence-corrected chi connectivity index (χ3v) is 5.91. The van der Waals surface area contributed by atoms with Gasteiger partial charge in [-0.2, -0.15) is 5.26 Å². The maximum absolute atomic E-state index is 12.7. The number of carbonyl (C=O) groups excluding carboxylic acids is 1. The second kappa shape index (κ2) is 7.93. The number of allylic oxidation sites excluding steroid dienone is 3. The summed E-state index contributed by atoms with van der Waals surface area (Å²) in [7, 11) is 1.48. The standard InChI is InChI=1S/C21H22N2O3S/c1-12(2)11-27-21-14(10-22)19(13-7-8-16(24)18(9-13)26-3)20-15(23-21)5-4-6-17(20)25/h7-9,19,23-24H,1,4-6,11H2,2-3H3/t19-/m0/s1. The van der Waals surface area contributed by atoms with E-state index in [2.05, 4.69) is 18.0 Å². The van der Waals surface area contributed by atoms with E-state index in [0.717, 1.165) is 34.7 Å². The van der Waals surface area contributed by atoms with Crippen molar-refractivity contribution in [1.29, 1.82) is 5.26 Å². The molecule has 3 rings (SSSR count). The van der Waals surface area contributed by atoms with Gasteiger partial charge in [-0.3, -0.25) is 4.79 Å². The Balaban J connectivity index is 2.15. The lowest BCUT2D eigenvalue weighted by Gasteiger charge is -2.33. The highest BCUT2D eigenvalue weighted by Gasteiger charge is 2.37. The van der Waals surface area contributed by atoms with Crippen LogP contribution in [0.1, 0.15) is 37.7 Å². The summed E-state index contributed by atoms with van der Waals surface area (Å²) in [6.45, 7) is 5.87. The van der Waals surface area contributed by atoms with Crippen LogP contribution < -0.4 is 10.1 Å². The summed E-state index contributed by atoms with van der Waals surface area (Å²) in [6, 6.07) is 7.30. The summed E-state index contributed by atoms with van der Waals surface area (Å²) < 4.78 is 5.23. The number of ether oxygens (including phenoxy) is 1. The SMILES string of the molecule is C=C(C)CSC1=C(C#N)[C@H](c2ccc(O)c(OC)c2)C2=C(CCCC2=O)N1. The van der Waals surface area contributed by atoms with E-state index in [-0.39, 0.29) is 11.5 Å². The van der Waals surface area contributed by atoms with E-state index < -0.39 is 5.92 Å². The Morgan fingerprint density at radius 2 is 2.26 bits per heavy atom. The molecule has 27 heavy (non-hydrogen) atoms. The summed E-state index contributed by atoms with van der Waals surface area (Å²) in [4.78, 5) is 12.7. The van der Waals surface area contributed by atoms with Crippen molar-refractivity contribution in [3.8, 4) is 17.6 Å². The molecule has 0 aromatic heterocycles. The molecule has 6 heteroatoms. The molecule has 5 nitrogen and oxygen atoms in total. The van der Waals surface area contributed by atoms with Crippen LogP contribution in [0.5, 0.6) is 11.5 Å². The van der Waals surface area contributed by atoms with Gasteiger partial charge in [0.15, 0.2) is 17.3 Å². The lowest BCUT2D eigenvalue weighted by Crippen LogP contribution is -2.31. The van der Waals surface area contributed by atoms with Gasteiger partial charge in [-0.05, 0) is 37.5 Å². The molecular weight excluding hydrogens is 360 g/mol. The molecule has 1 aromatic carbocycles. The van der Waals surface area contributed by atoms with Crippen molar-refractivity contribution in [2.24, 2.45) is 0 Å². The third-order valence-electron chi connectivity index (χ3n) is 4.66. The van der Waals surface area contributed by atoms with Crippen LogP contribution in [-0.2, 0) is 4.79 Å². The number of benzene rings is 1. The molecule has 140 valence electrons. The number of thioether (sulfide) groups is 1. The number of nitrogens with zero attached hydrogens (tertiary/aromatic N) is 1. The topological polar surface area (TPSA) is 82.3 Å². The Kier molecular flexibility index (Phi) is 5.62. The quantitative estimate of drug-likeness (QED) is 0.745. The second-order valence-electron chi connectivity index (χ2n) is 6.76. The largest absolute Gasteiger partial charge is 0.504 e. The average Bonchev–Trinajstić information content (AvgIpc) is 2.65. The minimum atomic E-state index is -0.457. The number of rotatable bonds is 5. The van der Waals surface area contributed by atoms with Gasteiger partial charge in [0.05, 0.1) is 29.7 Å². The van der Waals surface area contributed by atoms with Crippen LogP contribution in [0.25, 0.3) is 0 Å². The summed E-state index contributed by atoms with van der Waals surface area (Å²) in [5.74, 6) is 0.651. The first-order valence-corrected chi connectivity index (χ1v) is 9.76. The highest BCUT2D eigenvalue weighted by molar-refractivity contribution is 8.03. The first-order chi connectivity index (χ1) is 13.0. The Labute approximate surface area is 163 Å². The predicted octanol–water partition coefficient (Wildman–Crippen LogP) is 4.14. The Hall–Kier alpha value is -2.65. The second-order valence-corrected chi connectivity index (χ2v) is 7.74. The number of aromatic hydroxyl groups is 1. The molecule has 0 bridgehead atoms. The van der Waals surface area contributed by atoms with Crippen molar-refractivity contribution in [3.63, 3.8) is 0 Å². The molecule has 0 saturated carbocycles. The lowest BCUT2D eigenvalue weighted by molar-refractivity contribution is -0.116. The minimum Gasteiger partial charge on any atom is -0.504 e. The van der Waals surface area contributed by atoms with E-state index in [1.165, 1.54) is 18.9 Å². The van der Waals surface area contributed by atoms with E-state index in [4.69, 9.17) is 4.74 Å². The van der Waals surface area contributed by atoms with Gasteiger partial charge in [-0.25, -0.2) is 0 Å². The lowest BCUT2D eigenvalue weighted by atomic mass is 9.77. The molecule has 1 aliphatic carbocycles. The molecule has 1 atom stereocenters. The zero-order chi connectivity index (χ0) is 19.6. The van der Waals surface area contributed by atoms with Crippen LogP contribution in [-0.4, -0.2) is 23.8 Å². The minimum absolute atomic E-state index is 0.0266. The van der Waals surface area contributed by atoms with Gasteiger partial charge in [-0.1, -0.05) is 18.2 Å². The number of Topliss-reactive ketones (excluding diaryl/α,β-unsaturated/α-hetero) is 1. The van der Waals surface area contributed by atoms with Crippen LogP contribution in [0.2, 0.25) is 0 Å². The number of dihydropyridines is 1. The molecule has 0 spiro atoms. The van der Waals surface area contributed by atoms with Gasteiger partial charge in [0, 0.05) is 23.4 Å². The van der Waals surface area contributed by atoms with E-state index in [1.807, 2.05) is 6.92 Å². The number of methoxy groups -OCH3 is 1. The van der Waals surface area contributed by atoms with Gasteiger partial charge < -0.3 is 15.2 Å². The molecule has 2 N–H and O–H groups in total. The number of phenolic OH excluding ortho intramolecular Hbond substituents is 1. The zero-order valence-electron chi connectivity index (χ0n) is 15.5. The summed E-state index contributed by atoms with van der Waals surface area (Å²) >= 11 is 1.53. The Morgan fingerprint density at radius 3 is 2.93 bits per heavy atom. The number of ketones is 1. The van der Waals surface area contributed by atoms with Crippen LogP contribution in [0, 0.1) is 11.3 Å². The van der Waals surface area contributed by atoms with Crippen molar-refractivity contribution in [2.75, 3.05) is 12.9 Å². The van der Waals surface area contributed by atoms with Crippen molar-refractivity contribution in [2.45, 2.75) is 32.1 Å². The normalized spacial score (nSPS) is 19.3. The number of nitrogens with one attached hydrogen (secondary N) is 1. The van der Waals surface area contributed by atoms with Gasteiger partial charge in [0.1, 0.15) is 0 Å². The van der Waals surface area contributed by atoms with Gasteiger partial charge in [0.25, 0.3) is 0 Å². The predicted molar refractivity (Wildman–Crippen MR) is 106 cm³/mol. The van der Waals surface area contributed by atoms with Crippen LogP contribution in [0.4, 0.5) is 0 Å².